The Balaban J connectivity index is 0.00000242. The monoisotopic (exact) mass is 419 g/mol. The van der Waals surface area contributed by atoms with E-state index in [0.717, 1.165) is 36.6 Å². The summed E-state index contributed by atoms with van der Waals surface area (Å²) in [6.45, 7) is 7.13. The smallest absolute Gasteiger partial charge is 0.194 e. The number of halogens is 1. The molecule has 0 aromatic carbocycles. The van der Waals surface area contributed by atoms with E-state index in [1.165, 1.54) is 25.7 Å². The van der Waals surface area contributed by atoms with Gasteiger partial charge in [0.15, 0.2) is 5.96 Å². The first kappa shape index (κ1) is 19.3. The van der Waals surface area contributed by atoms with Gasteiger partial charge in [0.1, 0.15) is 0 Å². The van der Waals surface area contributed by atoms with Crippen LogP contribution in [0.1, 0.15) is 45.2 Å². The van der Waals surface area contributed by atoms with Crippen molar-refractivity contribution in [3.63, 3.8) is 0 Å². The number of aromatic amines is 1. The quantitative estimate of drug-likeness (QED) is 0.438. The predicted molar refractivity (Wildman–Crippen MR) is 103 cm³/mol. The topological polar surface area (TPSA) is 56.3 Å². The third-order valence-corrected chi connectivity index (χ3v) is 4.32. The Kier molecular flexibility index (Phi) is 8.82. The first-order chi connectivity index (χ1) is 10.2. The van der Waals surface area contributed by atoms with E-state index in [9.17, 15) is 0 Å². The fraction of sp³-hybridized carbons (Fsp3) is 0.750. The van der Waals surface area contributed by atoms with E-state index in [0.29, 0.717) is 6.54 Å². The van der Waals surface area contributed by atoms with Crippen molar-refractivity contribution in [1.29, 1.82) is 0 Å². The lowest BCUT2D eigenvalue weighted by Crippen LogP contribution is -2.41. The summed E-state index contributed by atoms with van der Waals surface area (Å²) in [6, 6.07) is 1.97. The molecule has 0 unspecified atom stereocenters. The minimum atomic E-state index is 0. The van der Waals surface area contributed by atoms with Gasteiger partial charge in [0.25, 0.3) is 0 Å². The first-order valence-electron chi connectivity index (χ1n) is 8.16. The highest BCUT2D eigenvalue weighted by Crippen LogP contribution is 2.28. The Bertz CT molecular complexity index is 424. The first-order valence-corrected chi connectivity index (χ1v) is 8.16. The summed E-state index contributed by atoms with van der Waals surface area (Å²) in [5, 5.41) is 10.3. The number of hydrogen-bond donors (Lipinski definition) is 2. The van der Waals surface area contributed by atoms with Crippen LogP contribution in [0, 0.1) is 11.8 Å². The average molecular weight is 419 g/mol. The number of aromatic nitrogens is 2. The highest BCUT2D eigenvalue weighted by molar-refractivity contribution is 14.0. The highest BCUT2D eigenvalue weighted by Gasteiger charge is 2.20. The molecule has 0 spiro atoms. The second-order valence-corrected chi connectivity index (χ2v) is 6.26. The van der Waals surface area contributed by atoms with Crippen LogP contribution < -0.4 is 5.32 Å². The van der Waals surface area contributed by atoms with Gasteiger partial charge in [-0.15, -0.1) is 24.0 Å². The van der Waals surface area contributed by atoms with Gasteiger partial charge in [0, 0.05) is 26.3 Å². The minimum absolute atomic E-state index is 0. The Morgan fingerprint density at radius 2 is 2.14 bits per heavy atom. The van der Waals surface area contributed by atoms with Crippen LogP contribution in [0.25, 0.3) is 0 Å². The van der Waals surface area contributed by atoms with Crippen LogP contribution >= 0.6 is 24.0 Å². The van der Waals surface area contributed by atoms with Crippen LogP contribution in [0.2, 0.25) is 0 Å². The molecule has 2 N–H and O–H groups in total. The van der Waals surface area contributed by atoms with E-state index in [2.05, 4.69) is 41.3 Å². The summed E-state index contributed by atoms with van der Waals surface area (Å²) in [4.78, 5) is 6.97. The fourth-order valence-corrected chi connectivity index (χ4v) is 2.99. The van der Waals surface area contributed by atoms with Crippen LogP contribution in [-0.4, -0.2) is 41.2 Å². The van der Waals surface area contributed by atoms with E-state index < -0.39 is 0 Å². The van der Waals surface area contributed by atoms with Gasteiger partial charge in [0.05, 0.1) is 12.2 Å². The largest absolute Gasteiger partial charge is 0.357 e. The molecule has 0 bridgehead atoms. The van der Waals surface area contributed by atoms with Gasteiger partial charge >= 0.3 is 0 Å². The van der Waals surface area contributed by atoms with Gasteiger partial charge in [-0.1, -0.05) is 19.8 Å². The van der Waals surface area contributed by atoms with Crippen LogP contribution in [0.15, 0.2) is 17.3 Å². The molecule has 126 valence electrons. The molecule has 1 saturated carbocycles. The number of nitrogens with one attached hydrogen (secondary N) is 2. The number of guanidine groups is 1. The van der Waals surface area contributed by atoms with Crippen LogP contribution in [0.4, 0.5) is 0 Å². The molecular formula is C16H30IN5. The molecule has 1 aromatic heterocycles. The number of hydrogen-bond acceptors (Lipinski definition) is 2. The number of rotatable bonds is 5. The zero-order valence-electron chi connectivity index (χ0n) is 14.0. The molecule has 0 saturated heterocycles. The predicted octanol–water partition coefficient (Wildman–Crippen LogP) is 3.25. The molecule has 1 aliphatic rings. The Morgan fingerprint density at radius 3 is 2.73 bits per heavy atom. The molecule has 2 rings (SSSR count). The van der Waals surface area contributed by atoms with Crippen LogP contribution in [-0.2, 0) is 6.54 Å². The van der Waals surface area contributed by atoms with Crippen molar-refractivity contribution in [2.75, 3.05) is 20.1 Å². The van der Waals surface area contributed by atoms with Crippen molar-refractivity contribution in [1.82, 2.24) is 20.4 Å². The molecule has 1 aromatic rings. The number of aliphatic imine (C=N–C) groups is 1. The normalized spacial score (nSPS) is 22.0. The van der Waals surface area contributed by atoms with E-state index in [1.807, 2.05) is 6.07 Å². The molecule has 0 radical (unpaired) electrons. The summed E-state index contributed by atoms with van der Waals surface area (Å²) < 4.78 is 0. The summed E-state index contributed by atoms with van der Waals surface area (Å²) in [7, 11) is 2.15. The third kappa shape index (κ3) is 6.14. The van der Waals surface area contributed by atoms with Crippen molar-refractivity contribution in [3.05, 3.63) is 18.0 Å². The molecule has 0 amide bonds. The zero-order chi connectivity index (χ0) is 15.1. The van der Waals surface area contributed by atoms with Crippen molar-refractivity contribution >= 4 is 29.9 Å². The van der Waals surface area contributed by atoms with Crippen molar-refractivity contribution < 1.29 is 0 Å². The zero-order valence-corrected chi connectivity index (χ0v) is 16.3. The maximum atomic E-state index is 4.70. The molecule has 6 heteroatoms. The summed E-state index contributed by atoms with van der Waals surface area (Å²) in [5.41, 5.74) is 1.05. The maximum absolute atomic E-state index is 4.70. The van der Waals surface area contributed by atoms with E-state index in [4.69, 9.17) is 4.99 Å². The van der Waals surface area contributed by atoms with Gasteiger partial charge in [-0.3, -0.25) is 5.10 Å². The lowest BCUT2D eigenvalue weighted by atomic mass is 9.83. The Hall–Kier alpha value is -0.790. The standard InChI is InChI=1S/C16H29N5.HI/c1-4-17-16(18-11-15-9-10-19-20-15)21(3)12-14-7-5-13(2)6-8-14;/h9-10,13-14H,4-8,11-12H2,1-3H3,(H,17,18)(H,19,20);1H. The fourth-order valence-electron chi connectivity index (χ4n) is 2.99. The second kappa shape index (κ2) is 10.1. The lowest BCUT2D eigenvalue weighted by molar-refractivity contribution is 0.250. The van der Waals surface area contributed by atoms with E-state index >= 15 is 0 Å². The molecule has 1 fully saturated rings. The molecule has 5 nitrogen and oxygen atoms in total. The van der Waals surface area contributed by atoms with Gasteiger partial charge in [-0.2, -0.15) is 5.10 Å². The molecule has 1 aliphatic carbocycles. The number of H-pyrrole nitrogens is 1. The van der Waals surface area contributed by atoms with E-state index in [1.54, 1.807) is 6.20 Å². The second-order valence-electron chi connectivity index (χ2n) is 6.26. The molecule has 1 heterocycles. The molecule has 22 heavy (non-hydrogen) atoms. The van der Waals surface area contributed by atoms with Crippen molar-refractivity contribution in [3.8, 4) is 0 Å². The maximum Gasteiger partial charge on any atom is 0.194 e. The average Bonchev–Trinajstić information content (AvgIpc) is 2.99. The van der Waals surface area contributed by atoms with Crippen LogP contribution in [0.5, 0.6) is 0 Å². The molecule has 0 atom stereocenters. The lowest BCUT2D eigenvalue weighted by Gasteiger charge is -2.31. The van der Waals surface area contributed by atoms with Gasteiger partial charge in [-0.25, -0.2) is 4.99 Å². The van der Waals surface area contributed by atoms with Gasteiger partial charge in [-0.05, 0) is 37.7 Å². The van der Waals surface area contributed by atoms with Gasteiger partial charge < -0.3 is 10.2 Å². The van der Waals surface area contributed by atoms with E-state index in [-0.39, 0.29) is 24.0 Å². The summed E-state index contributed by atoms with van der Waals surface area (Å²) in [5.74, 6) is 2.71. The Labute approximate surface area is 151 Å². The van der Waals surface area contributed by atoms with Crippen molar-refractivity contribution in [2.45, 2.75) is 46.1 Å². The summed E-state index contributed by atoms with van der Waals surface area (Å²) >= 11 is 0. The summed E-state index contributed by atoms with van der Waals surface area (Å²) in [6.07, 6.45) is 7.22. The SMILES string of the molecule is CCNC(=NCc1ccn[nH]1)N(C)CC1CCC(C)CC1.I. The number of nitrogens with zero attached hydrogens (tertiary/aromatic N) is 3. The Morgan fingerprint density at radius 1 is 1.41 bits per heavy atom. The third-order valence-electron chi connectivity index (χ3n) is 4.32. The van der Waals surface area contributed by atoms with Crippen LogP contribution in [0.3, 0.4) is 0 Å². The molecular weight excluding hydrogens is 389 g/mol. The molecule has 0 aliphatic heterocycles. The highest BCUT2D eigenvalue weighted by atomic mass is 127. The van der Waals surface area contributed by atoms with Crippen molar-refractivity contribution in [2.24, 2.45) is 16.8 Å². The minimum Gasteiger partial charge on any atom is -0.357 e. The van der Waals surface area contributed by atoms with Gasteiger partial charge in [0.2, 0.25) is 0 Å².